The van der Waals surface area contributed by atoms with Crippen LogP contribution in [0.4, 0.5) is 5.69 Å². The fourth-order valence-corrected chi connectivity index (χ4v) is 1.81. The Bertz CT molecular complexity index is 468. The van der Waals surface area contributed by atoms with E-state index in [4.69, 9.17) is 15.1 Å². The van der Waals surface area contributed by atoms with Crippen molar-refractivity contribution in [2.45, 2.75) is 6.42 Å². The third-order valence-corrected chi connectivity index (χ3v) is 2.98. The highest BCUT2D eigenvalue weighted by molar-refractivity contribution is 5.90. The van der Waals surface area contributed by atoms with Gasteiger partial charge < -0.3 is 15.2 Å². The lowest BCUT2D eigenvalue weighted by Gasteiger charge is -2.20. The molecule has 1 amide bonds. The molecule has 0 unspecified atom stereocenters. The zero-order valence-corrected chi connectivity index (χ0v) is 12.2. The van der Waals surface area contributed by atoms with Gasteiger partial charge in [0.1, 0.15) is 0 Å². The molecule has 6 nitrogen and oxygen atoms in total. The molecule has 0 aliphatic heterocycles. The Hall–Kier alpha value is -1.94. The van der Waals surface area contributed by atoms with E-state index in [0.717, 1.165) is 0 Å². The molecule has 0 bridgehead atoms. The molecule has 1 aromatic carbocycles. The van der Waals surface area contributed by atoms with Crippen molar-refractivity contribution < 1.29 is 14.6 Å². The van der Waals surface area contributed by atoms with Gasteiger partial charge in [0, 0.05) is 38.9 Å². The smallest absolute Gasteiger partial charge is 0.225 e. The maximum absolute atomic E-state index is 11.9. The van der Waals surface area contributed by atoms with Crippen LogP contribution in [0.3, 0.4) is 0 Å². The summed E-state index contributed by atoms with van der Waals surface area (Å²) in [6, 6.07) is 8.75. The minimum Gasteiger partial charge on any atom is -0.395 e. The van der Waals surface area contributed by atoms with Crippen LogP contribution in [0.15, 0.2) is 24.3 Å². The van der Waals surface area contributed by atoms with Crippen molar-refractivity contribution in [2.24, 2.45) is 0 Å². The molecule has 0 heterocycles. The van der Waals surface area contributed by atoms with Gasteiger partial charge in [0.05, 0.1) is 24.8 Å². The van der Waals surface area contributed by atoms with Crippen molar-refractivity contribution in [3.63, 3.8) is 0 Å². The number of hydrogen-bond donors (Lipinski definition) is 2. The molecule has 0 fully saturated rings. The van der Waals surface area contributed by atoms with Crippen LogP contribution >= 0.6 is 0 Å². The minimum atomic E-state index is -0.0972. The summed E-state index contributed by atoms with van der Waals surface area (Å²) in [5.41, 5.74) is 1.23. The lowest BCUT2D eigenvalue weighted by Crippen LogP contribution is -2.33. The molecule has 1 rings (SSSR count). The van der Waals surface area contributed by atoms with E-state index in [0.29, 0.717) is 43.9 Å². The Labute approximate surface area is 124 Å². The predicted octanol–water partition coefficient (Wildman–Crippen LogP) is 0.828. The number of aliphatic hydroxyl groups excluding tert-OH is 1. The molecule has 0 saturated carbocycles. The Balaban J connectivity index is 2.39. The van der Waals surface area contributed by atoms with Crippen molar-refractivity contribution in [3.8, 4) is 6.07 Å². The molecular weight excluding hydrogens is 270 g/mol. The van der Waals surface area contributed by atoms with E-state index in [9.17, 15) is 4.79 Å². The maximum Gasteiger partial charge on any atom is 0.225 e. The highest BCUT2D eigenvalue weighted by Crippen LogP contribution is 2.09. The molecule has 0 aliphatic carbocycles. The third kappa shape index (κ3) is 6.86. The van der Waals surface area contributed by atoms with Gasteiger partial charge in [-0.05, 0) is 24.3 Å². The third-order valence-electron chi connectivity index (χ3n) is 2.98. The summed E-state index contributed by atoms with van der Waals surface area (Å²) in [5, 5.41) is 20.5. The Morgan fingerprint density at radius 3 is 2.62 bits per heavy atom. The molecule has 0 saturated heterocycles. The number of carbonyl (C=O) groups is 1. The number of hydrogen-bond acceptors (Lipinski definition) is 5. The van der Waals surface area contributed by atoms with Crippen molar-refractivity contribution in [2.75, 3.05) is 45.3 Å². The standard InChI is InChI=1S/C15H21N3O3/c1-21-11-9-18(8-10-19)7-6-15(20)17-14-4-2-13(12-16)3-5-14/h2-5,19H,6-11H2,1H3,(H,17,20). The normalized spacial score (nSPS) is 10.4. The first-order chi connectivity index (χ1) is 10.2. The van der Waals surface area contributed by atoms with Crippen molar-refractivity contribution >= 4 is 11.6 Å². The van der Waals surface area contributed by atoms with Crippen molar-refractivity contribution in [1.29, 1.82) is 5.26 Å². The van der Waals surface area contributed by atoms with E-state index in [2.05, 4.69) is 5.32 Å². The second kappa shape index (κ2) is 9.88. The molecule has 0 aliphatic rings. The number of aliphatic hydroxyl groups is 1. The Kier molecular flexibility index (Phi) is 8.05. The average Bonchev–Trinajstić information content (AvgIpc) is 2.51. The Morgan fingerprint density at radius 2 is 2.05 bits per heavy atom. The lowest BCUT2D eigenvalue weighted by molar-refractivity contribution is -0.116. The number of amides is 1. The molecular formula is C15H21N3O3. The topological polar surface area (TPSA) is 85.6 Å². The molecule has 114 valence electrons. The summed E-state index contributed by atoms with van der Waals surface area (Å²) in [6.07, 6.45) is 0.337. The summed E-state index contributed by atoms with van der Waals surface area (Å²) < 4.78 is 4.99. The first kappa shape index (κ1) is 17.1. The fourth-order valence-electron chi connectivity index (χ4n) is 1.81. The summed E-state index contributed by atoms with van der Waals surface area (Å²) >= 11 is 0. The molecule has 6 heteroatoms. The molecule has 0 spiro atoms. The van der Waals surface area contributed by atoms with Gasteiger partial charge in [0.2, 0.25) is 5.91 Å². The van der Waals surface area contributed by atoms with Gasteiger partial charge in [-0.15, -0.1) is 0 Å². The quantitative estimate of drug-likeness (QED) is 0.704. The molecule has 2 N–H and O–H groups in total. The zero-order chi connectivity index (χ0) is 15.5. The van der Waals surface area contributed by atoms with Crippen LogP contribution in [0.5, 0.6) is 0 Å². The largest absolute Gasteiger partial charge is 0.395 e. The van der Waals surface area contributed by atoms with Crippen LogP contribution < -0.4 is 5.32 Å². The number of nitrogens with zero attached hydrogens (tertiary/aromatic N) is 2. The molecule has 0 radical (unpaired) electrons. The number of nitriles is 1. The molecule has 0 atom stereocenters. The van der Waals surface area contributed by atoms with Gasteiger partial charge in [-0.2, -0.15) is 5.26 Å². The minimum absolute atomic E-state index is 0.0565. The van der Waals surface area contributed by atoms with E-state index < -0.39 is 0 Å². The number of ether oxygens (including phenoxy) is 1. The number of rotatable bonds is 9. The van der Waals surface area contributed by atoms with Crippen molar-refractivity contribution in [3.05, 3.63) is 29.8 Å². The monoisotopic (exact) mass is 291 g/mol. The number of methoxy groups -OCH3 is 1. The first-order valence-corrected chi connectivity index (χ1v) is 6.81. The molecule has 1 aromatic rings. The average molecular weight is 291 g/mol. The highest BCUT2D eigenvalue weighted by Gasteiger charge is 2.08. The van der Waals surface area contributed by atoms with Crippen molar-refractivity contribution in [1.82, 2.24) is 4.90 Å². The van der Waals surface area contributed by atoms with E-state index in [1.54, 1.807) is 31.4 Å². The zero-order valence-electron chi connectivity index (χ0n) is 12.2. The number of benzene rings is 1. The van der Waals surface area contributed by atoms with E-state index in [1.807, 2.05) is 11.0 Å². The lowest BCUT2D eigenvalue weighted by atomic mass is 10.2. The van der Waals surface area contributed by atoms with Crippen LogP contribution in [0, 0.1) is 11.3 Å². The Morgan fingerprint density at radius 1 is 1.33 bits per heavy atom. The van der Waals surface area contributed by atoms with Gasteiger partial charge in [-0.25, -0.2) is 0 Å². The summed E-state index contributed by atoms with van der Waals surface area (Å²) in [7, 11) is 1.62. The van der Waals surface area contributed by atoms with Crippen LogP contribution in [0.25, 0.3) is 0 Å². The van der Waals surface area contributed by atoms with E-state index in [1.165, 1.54) is 0 Å². The summed E-state index contributed by atoms with van der Waals surface area (Å²) in [4.78, 5) is 13.8. The van der Waals surface area contributed by atoms with E-state index >= 15 is 0 Å². The second-order valence-corrected chi connectivity index (χ2v) is 4.55. The van der Waals surface area contributed by atoms with Gasteiger partial charge in [-0.1, -0.05) is 0 Å². The molecule has 21 heavy (non-hydrogen) atoms. The maximum atomic E-state index is 11.9. The fraction of sp³-hybridized carbons (Fsp3) is 0.467. The van der Waals surface area contributed by atoms with Gasteiger partial charge in [-0.3, -0.25) is 9.69 Å². The van der Waals surface area contributed by atoms with Crippen LogP contribution in [-0.4, -0.2) is 55.9 Å². The number of nitrogens with one attached hydrogen (secondary N) is 1. The SMILES string of the molecule is COCCN(CCO)CCC(=O)Nc1ccc(C#N)cc1. The van der Waals surface area contributed by atoms with Gasteiger partial charge in [0.25, 0.3) is 0 Å². The summed E-state index contributed by atoms with van der Waals surface area (Å²) in [6.45, 7) is 2.39. The van der Waals surface area contributed by atoms with Gasteiger partial charge in [0.15, 0.2) is 0 Å². The van der Waals surface area contributed by atoms with Crippen LogP contribution in [-0.2, 0) is 9.53 Å². The number of anilines is 1. The van der Waals surface area contributed by atoms with Gasteiger partial charge >= 0.3 is 0 Å². The predicted molar refractivity (Wildman–Crippen MR) is 79.8 cm³/mol. The van der Waals surface area contributed by atoms with Crippen LogP contribution in [0.2, 0.25) is 0 Å². The van der Waals surface area contributed by atoms with E-state index in [-0.39, 0.29) is 12.5 Å². The summed E-state index contributed by atoms with van der Waals surface area (Å²) in [5.74, 6) is -0.0972. The highest BCUT2D eigenvalue weighted by atomic mass is 16.5. The first-order valence-electron chi connectivity index (χ1n) is 6.81. The number of carbonyl (C=O) groups excluding carboxylic acids is 1. The van der Waals surface area contributed by atoms with Crippen LogP contribution in [0.1, 0.15) is 12.0 Å². The molecule has 0 aromatic heterocycles. The second-order valence-electron chi connectivity index (χ2n) is 4.55.